The monoisotopic (exact) mass is 388 g/mol. The van der Waals surface area contributed by atoms with E-state index in [2.05, 4.69) is 5.32 Å². The minimum Gasteiger partial charge on any atom is -0.493 e. The van der Waals surface area contributed by atoms with Crippen LogP contribution in [0.4, 0.5) is 5.69 Å². The molecule has 0 aliphatic carbocycles. The molecule has 5 nitrogen and oxygen atoms in total. The van der Waals surface area contributed by atoms with Gasteiger partial charge < -0.3 is 19.7 Å². The number of ether oxygens (including phenoxy) is 2. The molecule has 5 heteroatoms. The van der Waals surface area contributed by atoms with Crippen LogP contribution < -0.4 is 14.8 Å². The van der Waals surface area contributed by atoms with E-state index in [0.717, 1.165) is 16.8 Å². The number of para-hydroxylation sites is 2. The van der Waals surface area contributed by atoms with Crippen molar-refractivity contribution in [1.29, 1.82) is 0 Å². The molecule has 0 saturated heterocycles. The van der Waals surface area contributed by atoms with Crippen LogP contribution in [0.25, 0.3) is 0 Å². The highest BCUT2D eigenvalue weighted by molar-refractivity contribution is 6.02. The van der Waals surface area contributed by atoms with Gasteiger partial charge in [-0.15, -0.1) is 0 Å². The largest absolute Gasteiger partial charge is 0.493 e. The Labute approximate surface area is 170 Å². The van der Waals surface area contributed by atoms with Crippen LogP contribution in [0.2, 0.25) is 0 Å². The maximum atomic E-state index is 13.6. The molecule has 3 aromatic rings. The molecule has 1 N–H and O–H groups in total. The van der Waals surface area contributed by atoms with Gasteiger partial charge in [-0.3, -0.25) is 4.79 Å². The van der Waals surface area contributed by atoms with Gasteiger partial charge >= 0.3 is 0 Å². The quantitative estimate of drug-likeness (QED) is 0.666. The molecule has 148 valence electrons. The molecule has 1 aliphatic rings. The van der Waals surface area contributed by atoms with Crippen molar-refractivity contribution in [2.24, 2.45) is 0 Å². The first-order chi connectivity index (χ1) is 14.2. The first-order valence-electron chi connectivity index (χ1n) is 9.59. The van der Waals surface area contributed by atoms with Gasteiger partial charge in [0, 0.05) is 11.3 Å². The average Bonchev–Trinajstić information content (AvgIpc) is 2.78. The third-order valence-corrected chi connectivity index (χ3v) is 5.39. The van der Waals surface area contributed by atoms with E-state index in [1.807, 2.05) is 84.6 Å². The van der Waals surface area contributed by atoms with Crippen LogP contribution in [0.3, 0.4) is 0 Å². The molecule has 0 bridgehead atoms. The second kappa shape index (κ2) is 7.87. The van der Waals surface area contributed by atoms with Crippen molar-refractivity contribution in [3.05, 3.63) is 89.5 Å². The van der Waals surface area contributed by atoms with Gasteiger partial charge in [-0.1, -0.05) is 54.6 Å². The zero-order chi connectivity index (χ0) is 20.4. The second-order valence-corrected chi connectivity index (χ2v) is 6.97. The van der Waals surface area contributed by atoms with E-state index in [4.69, 9.17) is 9.47 Å². The van der Waals surface area contributed by atoms with Gasteiger partial charge in [-0.25, -0.2) is 0 Å². The molecule has 1 amide bonds. The van der Waals surface area contributed by atoms with Gasteiger partial charge in [0.05, 0.1) is 25.8 Å². The third-order valence-electron chi connectivity index (χ3n) is 5.39. The number of fused-ring (bicyclic) bond motifs is 1. The molecule has 1 heterocycles. The molecule has 1 aliphatic heterocycles. The van der Waals surface area contributed by atoms with Crippen molar-refractivity contribution in [1.82, 2.24) is 4.90 Å². The van der Waals surface area contributed by atoms with E-state index in [1.54, 1.807) is 14.2 Å². The predicted molar refractivity (Wildman–Crippen MR) is 113 cm³/mol. The number of rotatable bonds is 5. The average molecular weight is 388 g/mol. The standard InChI is InChI=1S/C24H24N2O3/c1-16(17-10-5-4-6-11-17)26-23(19-13-9-15-21(28-2)22(19)29-3)25-20-14-8-7-12-18(20)24(26)27/h4-16,23,25H,1-3H3. The Bertz CT molecular complexity index is 1020. The lowest BCUT2D eigenvalue weighted by Gasteiger charge is -2.42. The lowest BCUT2D eigenvalue weighted by molar-refractivity contribution is 0.0593. The number of nitrogens with zero attached hydrogens (tertiary/aromatic N) is 1. The fourth-order valence-electron chi connectivity index (χ4n) is 3.92. The smallest absolute Gasteiger partial charge is 0.258 e. The summed E-state index contributed by atoms with van der Waals surface area (Å²) in [5.41, 5.74) is 3.38. The zero-order valence-electron chi connectivity index (χ0n) is 16.8. The molecule has 2 unspecified atom stereocenters. The minimum atomic E-state index is -0.405. The lowest BCUT2D eigenvalue weighted by Crippen LogP contribution is -2.44. The number of anilines is 1. The molecule has 4 rings (SSSR count). The Morgan fingerprint density at radius 1 is 0.897 bits per heavy atom. The SMILES string of the molecule is COc1cccc(C2Nc3ccccc3C(=O)N2C(C)c2ccccc2)c1OC. The van der Waals surface area contributed by atoms with Crippen molar-refractivity contribution in [2.45, 2.75) is 19.1 Å². The van der Waals surface area contributed by atoms with Crippen molar-refractivity contribution < 1.29 is 14.3 Å². The van der Waals surface area contributed by atoms with E-state index in [1.165, 1.54) is 0 Å². The molecule has 0 aromatic heterocycles. The van der Waals surface area contributed by atoms with Gasteiger partial charge in [0.1, 0.15) is 6.17 Å². The van der Waals surface area contributed by atoms with Gasteiger partial charge in [0.2, 0.25) is 0 Å². The summed E-state index contributed by atoms with van der Waals surface area (Å²) in [5.74, 6) is 1.22. The van der Waals surface area contributed by atoms with Gasteiger partial charge in [0.15, 0.2) is 11.5 Å². The highest BCUT2D eigenvalue weighted by atomic mass is 16.5. The van der Waals surface area contributed by atoms with Crippen LogP contribution in [-0.2, 0) is 0 Å². The topological polar surface area (TPSA) is 50.8 Å². The van der Waals surface area contributed by atoms with Crippen LogP contribution in [0.1, 0.15) is 40.6 Å². The Kier molecular flexibility index (Phi) is 5.12. The van der Waals surface area contributed by atoms with Crippen molar-refractivity contribution >= 4 is 11.6 Å². The highest BCUT2D eigenvalue weighted by Gasteiger charge is 2.38. The van der Waals surface area contributed by atoms with E-state index in [0.29, 0.717) is 17.1 Å². The molecular weight excluding hydrogens is 364 g/mol. The zero-order valence-corrected chi connectivity index (χ0v) is 16.8. The predicted octanol–water partition coefficient (Wildman–Crippen LogP) is 5.03. The van der Waals surface area contributed by atoms with Gasteiger partial charge in [-0.2, -0.15) is 0 Å². The van der Waals surface area contributed by atoms with E-state index >= 15 is 0 Å². The Hall–Kier alpha value is -3.47. The summed E-state index contributed by atoms with van der Waals surface area (Å²) < 4.78 is 11.2. The Morgan fingerprint density at radius 2 is 1.62 bits per heavy atom. The summed E-state index contributed by atoms with van der Waals surface area (Å²) in [6.45, 7) is 2.04. The third kappa shape index (κ3) is 3.29. The normalized spacial score (nSPS) is 16.6. The number of hydrogen-bond donors (Lipinski definition) is 1. The fraction of sp³-hybridized carbons (Fsp3) is 0.208. The molecule has 0 spiro atoms. The van der Waals surface area contributed by atoms with Gasteiger partial charge in [0.25, 0.3) is 5.91 Å². The van der Waals surface area contributed by atoms with Crippen LogP contribution in [0, 0.1) is 0 Å². The summed E-state index contributed by atoms with van der Waals surface area (Å²) in [5, 5.41) is 3.54. The number of carbonyl (C=O) groups excluding carboxylic acids is 1. The number of hydrogen-bond acceptors (Lipinski definition) is 4. The minimum absolute atomic E-state index is 0.0226. The van der Waals surface area contributed by atoms with E-state index in [-0.39, 0.29) is 11.9 Å². The molecule has 3 aromatic carbocycles. The molecule has 2 atom stereocenters. The first kappa shape index (κ1) is 18.9. The summed E-state index contributed by atoms with van der Waals surface area (Å²) in [7, 11) is 3.23. The molecule has 0 saturated carbocycles. The lowest BCUT2D eigenvalue weighted by atomic mass is 9.98. The maximum Gasteiger partial charge on any atom is 0.258 e. The summed E-state index contributed by atoms with van der Waals surface area (Å²) >= 11 is 0. The maximum absolute atomic E-state index is 13.6. The molecule has 0 fully saturated rings. The number of carbonyl (C=O) groups is 1. The Morgan fingerprint density at radius 3 is 2.34 bits per heavy atom. The van der Waals surface area contributed by atoms with Crippen LogP contribution in [0.15, 0.2) is 72.8 Å². The van der Waals surface area contributed by atoms with Crippen molar-refractivity contribution in [2.75, 3.05) is 19.5 Å². The molecule has 0 radical (unpaired) electrons. The van der Waals surface area contributed by atoms with Crippen LogP contribution in [-0.4, -0.2) is 25.0 Å². The summed E-state index contributed by atoms with van der Waals surface area (Å²) in [6.07, 6.45) is -0.405. The fourth-order valence-corrected chi connectivity index (χ4v) is 3.92. The Balaban J connectivity index is 1.87. The first-order valence-corrected chi connectivity index (χ1v) is 9.59. The van der Waals surface area contributed by atoms with E-state index in [9.17, 15) is 4.79 Å². The van der Waals surface area contributed by atoms with Crippen molar-refractivity contribution in [3.63, 3.8) is 0 Å². The summed E-state index contributed by atoms with van der Waals surface area (Å²) in [4.78, 5) is 15.5. The molecule has 29 heavy (non-hydrogen) atoms. The highest BCUT2D eigenvalue weighted by Crippen LogP contribution is 2.43. The number of nitrogens with one attached hydrogen (secondary N) is 1. The van der Waals surface area contributed by atoms with Crippen LogP contribution >= 0.6 is 0 Å². The van der Waals surface area contributed by atoms with Gasteiger partial charge in [-0.05, 0) is 30.7 Å². The van der Waals surface area contributed by atoms with E-state index < -0.39 is 6.17 Å². The number of benzene rings is 3. The summed E-state index contributed by atoms with van der Waals surface area (Å²) in [6, 6.07) is 23.2. The number of methoxy groups -OCH3 is 2. The number of amides is 1. The van der Waals surface area contributed by atoms with Crippen molar-refractivity contribution in [3.8, 4) is 11.5 Å². The molecular formula is C24H24N2O3. The van der Waals surface area contributed by atoms with Crippen LogP contribution in [0.5, 0.6) is 11.5 Å². The second-order valence-electron chi connectivity index (χ2n) is 6.97.